The molecule has 5 nitrogen and oxygen atoms in total. The molecule has 2 aliphatic rings. The molecular formula is C17H23NO4. The first-order valence-corrected chi connectivity index (χ1v) is 7.97. The van der Waals surface area contributed by atoms with Crippen molar-refractivity contribution in [2.24, 2.45) is 5.92 Å². The van der Waals surface area contributed by atoms with Crippen molar-refractivity contribution in [3.8, 4) is 0 Å². The largest absolute Gasteiger partial charge is 0.445 e. The molecule has 120 valence electrons. The summed E-state index contributed by atoms with van der Waals surface area (Å²) in [6, 6.07) is 9.35. The van der Waals surface area contributed by atoms with Crippen LogP contribution in [0.3, 0.4) is 0 Å². The lowest BCUT2D eigenvalue weighted by molar-refractivity contribution is 0.0537. The lowest BCUT2D eigenvalue weighted by Crippen LogP contribution is -2.44. The molecule has 0 unspecified atom stereocenters. The van der Waals surface area contributed by atoms with E-state index in [1.54, 1.807) is 4.90 Å². The Kier molecular flexibility index (Phi) is 4.64. The van der Waals surface area contributed by atoms with Crippen LogP contribution in [0, 0.1) is 5.92 Å². The number of nitrogens with zero attached hydrogens (tertiary/aromatic N) is 1. The molecule has 1 aromatic rings. The van der Waals surface area contributed by atoms with E-state index in [1.807, 2.05) is 30.3 Å². The van der Waals surface area contributed by atoms with Crippen molar-refractivity contribution in [3.05, 3.63) is 35.9 Å². The van der Waals surface area contributed by atoms with Gasteiger partial charge in [-0.3, -0.25) is 4.90 Å². The number of hydrogen-bond acceptors (Lipinski definition) is 4. The van der Waals surface area contributed by atoms with Gasteiger partial charge < -0.3 is 14.6 Å². The Morgan fingerprint density at radius 2 is 2.18 bits per heavy atom. The van der Waals surface area contributed by atoms with Crippen LogP contribution in [0.15, 0.2) is 30.3 Å². The monoisotopic (exact) mass is 305 g/mol. The average molecular weight is 305 g/mol. The number of carbonyl (C=O) groups is 1. The predicted molar refractivity (Wildman–Crippen MR) is 81.3 cm³/mol. The second kappa shape index (κ2) is 6.67. The van der Waals surface area contributed by atoms with Gasteiger partial charge in [0.2, 0.25) is 0 Å². The summed E-state index contributed by atoms with van der Waals surface area (Å²) in [7, 11) is 0. The van der Waals surface area contributed by atoms with Gasteiger partial charge in [0.05, 0.1) is 18.8 Å². The van der Waals surface area contributed by atoms with Crippen LogP contribution in [-0.2, 0) is 16.1 Å². The number of rotatable bonds is 4. The molecule has 1 N–H and O–H groups in total. The summed E-state index contributed by atoms with van der Waals surface area (Å²) < 4.78 is 11.1. The van der Waals surface area contributed by atoms with Gasteiger partial charge in [-0.05, 0) is 12.0 Å². The minimum absolute atomic E-state index is 0.0563. The molecule has 5 heteroatoms. The number of benzene rings is 1. The molecule has 1 amide bonds. The van der Waals surface area contributed by atoms with Gasteiger partial charge in [-0.1, -0.05) is 43.7 Å². The molecule has 3 rings (SSSR count). The van der Waals surface area contributed by atoms with Crippen molar-refractivity contribution >= 4 is 6.09 Å². The van der Waals surface area contributed by atoms with Crippen molar-refractivity contribution in [3.63, 3.8) is 0 Å². The van der Waals surface area contributed by atoms with Gasteiger partial charge in [-0.15, -0.1) is 0 Å². The fourth-order valence-corrected chi connectivity index (χ4v) is 3.53. The Bertz CT molecular complexity index is 507. The minimum atomic E-state index is -0.615. The Balaban J connectivity index is 1.64. The first-order chi connectivity index (χ1) is 10.7. The topological polar surface area (TPSA) is 59.0 Å². The molecule has 0 aromatic heterocycles. The highest BCUT2D eigenvalue weighted by atomic mass is 16.6. The van der Waals surface area contributed by atoms with Gasteiger partial charge in [0.1, 0.15) is 12.7 Å². The van der Waals surface area contributed by atoms with Gasteiger partial charge >= 0.3 is 6.09 Å². The van der Waals surface area contributed by atoms with E-state index < -0.39 is 6.10 Å². The molecular weight excluding hydrogens is 282 g/mol. The normalized spacial score (nSPS) is 30.4. The number of fused-ring (bicyclic) bond motifs is 1. The number of aliphatic hydroxyl groups is 1. The summed E-state index contributed by atoms with van der Waals surface area (Å²) in [5.41, 5.74) is 0.958. The minimum Gasteiger partial charge on any atom is -0.445 e. The summed E-state index contributed by atoms with van der Waals surface area (Å²) in [5, 5.41) is 10.1. The van der Waals surface area contributed by atoms with Crippen LogP contribution in [0.1, 0.15) is 25.3 Å². The van der Waals surface area contributed by atoms with Gasteiger partial charge in [-0.25, -0.2) is 4.79 Å². The Morgan fingerprint density at radius 1 is 1.41 bits per heavy atom. The maximum absolute atomic E-state index is 12.4. The third-order valence-electron chi connectivity index (χ3n) is 4.55. The molecule has 0 saturated carbocycles. The molecule has 2 saturated heterocycles. The van der Waals surface area contributed by atoms with Crippen LogP contribution in [-0.4, -0.2) is 47.5 Å². The Hall–Kier alpha value is -1.59. The first kappa shape index (κ1) is 15.3. The standard InChI is InChI=1S/C17H23NO4/c1-2-6-13-9-18(15-14(19)11-21-16(13)15)17(20)22-10-12-7-4-3-5-8-12/h3-5,7-8,13-16,19H,2,6,9-11H2,1H3/t13-,14-,15+,16+/m0/s1. The van der Waals surface area contributed by atoms with Crippen LogP contribution >= 0.6 is 0 Å². The smallest absolute Gasteiger partial charge is 0.410 e. The van der Waals surface area contributed by atoms with Crippen LogP contribution in [0.5, 0.6) is 0 Å². The molecule has 0 radical (unpaired) electrons. The van der Waals surface area contributed by atoms with Crippen molar-refractivity contribution in [1.82, 2.24) is 4.90 Å². The number of aliphatic hydroxyl groups excluding tert-OH is 1. The van der Waals surface area contributed by atoms with E-state index in [-0.39, 0.29) is 30.8 Å². The second-order valence-corrected chi connectivity index (χ2v) is 6.10. The highest BCUT2D eigenvalue weighted by molar-refractivity contribution is 5.69. The average Bonchev–Trinajstić information content (AvgIpc) is 3.08. The van der Waals surface area contributed by atoms with Gasteiger partial charge in [0.25, 0.3) is 0 Å². The molecule has 0 aliphatic carbocycles. The van der Waals surface area contributed by atoms with E-state index in [0.29, 0.717) is 13.2 Å². The number of ether oxygens (including phenoxy) is 2. The number of amides is 1. The lowest BCUT2D eigenvalue weighted by Gasteiger charge is -2.24. The summed E-state index contributed by atoms with van der Waals surface area (Å²) in [5.74, 6) is 0.288. The summed E-state index contributed by atoms with van der Waals surface area (Å²) >= 11 is 0. The lowest BCUT2D eigenvalue weighted by atomic mass is 9.97. The summed E-state index contributed by atoms with van der Waals surface area (Å²) in [6.45, 7) is 3.28. The van der Waals surface area contributed by atoms with Crippen molar-refractivity contribution in [1.29, 1.82) is 0 Å². The zero-order valence-corrected chi connectivity index (χ0v) is 12.9. The van der Waals surface area contributed by atoms with Crippen LogP contribution in [0.25, 0.3) is 0 Å². The molecule has 2 fully saturated rings. The van der Waals surface area contributed by atoms with Crippen LogP contribution < -0.4 is 0 Å². The highest BCUT2D eigenvalue weighted by Gasteiger charge is 2.52. The van der Waals surface area contributed by atoms with Crippen LogP contribution in [0.4, 0.5) is 4.79 Å². The molecule has 22 heavy (non-hydrogen) atoms. The van der Waals surface area contributed by atoms with Crippen molar-refractivity contribution in [2.45, 2.75) is 44.6 Å². The number of likely N-dealkylation sites (tertiary alicyclic amines) is 1. The molecule has 0 spiro atoms. The van der Waals surface area contributed by atoms with E-state index in [1.165, 1.54) is 0 Å². The Labute approximate surface area is 130 Å². The van der Waals surface area contributed by atoms with Crippen molar-refractivity contribution < 1.29 is 19.4 Å². The number of carbonyl (C=O) groups excluding carboxylic acids is 1. The summed E-state index contributed by atoms with van der Waals surface area (Å²) in [6.07, 6.45) is 1.01. The van der Waals surface area contributed by atoms with E-state index in [4.69, 9.17) is 9.47 Å². The van der Waals surface area contributed by atoms with E-state index in [9.17, 15) is 9.90 Å². The first-order valence-electron chi connectivity index (χ1n) is 7.97. The molecule has 2 heterocycles. The highest BCUT2D eigenvalue weighted by Crippen LogP contribution is 2.36. The molecule has 1 aromatic carbocycles. The van der Waals surface area contributed by atoms with Gasteiger partial charge in [0, 0.05) is 12.5 Å². The van der Waals surface area contributed by atoms with Gasteiger partial charge in [0.15, 0.2) is 0 Å². The van der Waals surface area contributed by atoms with Gasteiger partial charge in [-0.2, -0.15) is 0 Å². The fourth-order valence-electron chi connectivity index (χ4n) is 3.53. The van der Waals surface area contributed by atoms with Crippen molar-refractivity contribution in [2.75, 3.05) is 13.2 Å². The zero-order chi connectivity index (χ0) is 15.5. The number of hydrogen-bond donors (Lipinski definition) is 1. The van der Waals surface area contributed by atoms with E-state index in [2.05, 4.69) is 6.92 Å². The quantitative estimate of drug-likeness (QED) is 0.926. The molecule has 2 aliphatic heterocycles. The fraction of sp³-hybridized carbons (Fsp3) is 0.588. The third-order valence-corrected chi connectivity index (χ3v) is 4.55. The maximum Gasteiger partial charge on any atom is 0.410 e. The predicted octanol–water partition coefficient (Wildman–Crippen LogP) is 2.18. The Morgan fingerprint density at radius 3 is 2.91 bits per heavy atom. The third kappa shape index (κ3) is 2.96. The second-order valence-electron chi connectivity index (χ2n) is 6.10. The van der Waals surface area contributed by atoms with E-state index >= 15 is 0 Å². The molecule has 0 bridgehead atoms. The zero-order valence-electron chi connectivity index (χ0n) is 12.9. The SMILES string of the molecule is CCC[C@H]1CN(C(=O)OCc2ccccc2)[C@H]2[C@@H]1OC[C@@H]2O. The molecule has 4 atom stereocenters. The van der Waals surface area contributed by atoms with E-state index in [0.717, 1.165) is 18.4 Å². The van der Waals surface area contributed by atoms with Crippen LogP contribution in [0.2, 0.25) is 0 Å². The maximum atomic E-state index is 12.4. The summed E-state index contributed by atoms with van der Waals surface area (Å²) in [4.78, 5) is 14.1.